The third-order valence-corrected chi connectivity index (χ3v) is 4.47. The van der Waals surface area contributed by atoms with Crippen molar-refractivity contribution in [3.8, 4) is 5.75 Å². The number of carbonyl (C=O) groups excluding carboxylic acids is 1. The third-order valence-electron chi connectivity index (χ3n) is 3.80. The second-order valence-corrected chi connectivity index (χ2v) is 7.94. The van der Waals surface area contributed by atoms with E-state index >= 15 is 0 Å². The van der Waals surface area contributed by atoms with Crippen LogP contribution in [0.4, 0.5) is 10.5 Å². The first-order chi connectivity index (χ1) is 10.3. The van der Waals surface area contributed by atoms with Gasteiger partial charge in [0.15, 0.2) is 0 Å². The number of halogens is 1. The van der Waals surface area contributed by atoms with E-state index in [9.17, 15) is 4.79 Å². The summed E-state index contributed by atoms with van der Waals surface area (Å²) in [5, 5.41) is 0. The Morgan fingerprint density at radius 3 is 2.86 bits per heavy atom. The second kappa shape index (κ2) is 5.79. The Morgan fingerprint density at radius 2 is 2.14 bits per heavy atom. The van der Waals surface area contributed by atoms with Crippen molar-refractivity contribution < 1.29 is 14.3 Å². The molecule has 3 rings (SSSR count). The number of fused-ring (bicyclic) bond motifs is 3. The molecule has 1 amide bonds. The van der Waals surface area contributed by atoms with E-state index < -0.39 is 5.60 Å². The van der Waals surface area contributed by atoms with Crippen molar-refractivity contribution in [3.05, 3.63) is 21.8 Å². The highest BCUT2D eigenvalue weighted by Crippen LogP contribution is 2.36. The molecule has 2 aliphatic heterocycles. The first-order valence-electron chi connectivity index (χ1n) is 7.50. The van der Waals surface area contributed by atoms with Crippen LogP contribution in [0, 0.1) is 3.57 Å². The standard InChI is InChI=1S/C16H21IN2O3/c1-16(2,3)22-15(20)18-6-7-19-12(9-18)10-21-14-8-11(17)4-5-13(14)19/h4-5,8,12H,6-7,9-10H2,1-3H3/t12-/m1/s1. The normalized spacial score (nSPS) is 20.8. The van der Waals surface area contributed by atoms with Crippen LogP contribution >= 0.6 is 22.6 Å². The van der Waals surface area contributed by atoms with Gasteiger partial charge in [0, 0.05) is 23.2 Å². The lowest BCUT2D eigenvalue weighted by atomic mass is 10.1. The number of hydrogen-bond donors (Lipinski definition) is 0. The number of rotatable bonds is 0. The molecule has 0 N–H and O–H groups in total. The van der Waals surface area contributed by atoms with Crippen LogP contribution < -0.4 is 9.64 Å². The molecule has 0 bridgehead atoms. The van der Waals surface area contributed by atoms with Gasteiger partial charge in [-0.3, -0.25) is 0 Å². The van der Waals surface area contributed by atoms with Crippen molar-refractivity contribution in [1.82, 2.24) is 4.90 Å². The monoisotopic (exact) mass is 416 g/mol. The summed E-state index contributed by atoms with van der Waals surface area (Å²) in [5.41, 5.74) is 0.668. The van der Waals surface area contributed by atoms with Gasteiger partial charge in [-0.2, -0.15) is 0 Å². The van der Waals surface area contributed by atoms with Gasteiger partial charge in [-0.15, -0.1) is 0 Å². The number of nitrogens with zero attached hydrogens (tertiary/aromatic N) is 2. The average molecular weight is 416 g/mol. The maximum Gasteiger partial charge on any atom is 0.410 e. The Kier molecular flexibility index (Phi) is 4.13. The van der Waals surface area contributed by atoms with Crippen LogP contribution in [0.15, 0.2) is 18.2 Å². The van der Waals surface area contributed by atoms with Crippen molar-refractivity contribution in [3.63, 3.8) is 0 Å². The molecule has 0 spiro atoms. The summed E-state index contributed by atoms with van der Waals surface area (Å²) in [6.45, 7) is 8.40. The molecule has 1 saturated heterocycles. The number of piperazine rings is 1. The molecule has 1 fully saturated rings. The van der Waals surface area contributed by atoms with Gasteiger partial charge >= 0.3 is 6.09 Å². The minimum absolute atomic E-state index is 0.189. The van der Waals surface area contributed by atoms with Gasteiger partial charge in [-0.05, 0) is 61.6 Å². The lowest BCUT2D eigenvalue weighted by molar-refractivity contribution is 0.0195. The summed E-state index contributed by atoms with van der Waals surface area (Å²) in [6.07, 6.45) is -0.236. The van der Waals surface area contributed by atoms with Crippen molar-refractivity contribution >= 4 is 34.4 Å². The number of ether oxygens (including phenoxy) is 2. The van der Waals surface area contributed by atoms with E-state index in [0.717, 1.165) is 18.0 Å². The number of carbonyl (C=O) groups is 1. The maximum atomic E-state index is 12.2. The summed E-state index contributed by atoms with van der Waals surface area (Å²) in [4.78, 5) is 16.4. The first-order valence-corrected chi connectivity index (χ1v) is 8.58. The van der Waals surface area contributed by atoms with E-state index in [0.29, 0.717) is 19.7 Å². The van der Waals surface area contributed by atoms with E-state index in [2.05, 4.69) is 45.7 Å². The molecular formula is C16H21IN2O3. The zero-order valence-corrected chi connectivity index (χ0v) is 15.3. The van der Waals surface area contributed by atoms with Gasteiger partial charge in [-0.1, -0.05) is 0 Å². The van der Waals surface area contributed by atoms with Crippen molar-refractivity contribution in [2.24, 2.45) is 0 Å². The fraction of sp³-hybridized carbons (Fsp3) is 0.562. The van der Waals surface area contributed by atoms with Crippen LogP contribution in [0.2, 0.25) is 0 Å². The van der Waals surface area contributed by atoms with Crippen LogP contribution in [0.5, 0.6) is 5.75 Å². The third kappa shape index (κ3) is 3.26. The highest BCUT2D eigenvalue weighted by atomic mass is 127. The number of anilines is 1. The zero-order chi connectivity index (χ0) is 15.9. The van der Waals surface area contributed by atoms with E-state index in [-0.39, 0.29) is 12.1 Å². The van der Waals surface area contributed by atoms with E-state index in [1.807, 2.05) is 20.8 Å². The van der Waals surface area contributed by atoms with Crippen molar-refractivity contribution in [2.45, 2.75) is 32.4 Å². The van der Waals surface area contributed by atoms with Gasteiger partial charge in [0.25, 0.3) is 0 Å². The quantitative estimate of drug-likeness (QED) is 0.610. The zero-order valence-electron chi connectivity index (χ0n) is 13.1. The molecule has 6 heteroatoms. The molecular weight excluding hydrogens is 395 g/mol. The van der Waals surface area contributed by atoms with Gasteiger partial charge in [0.05, 0.1) is 11.7 Å². The topological polar surface area (TPSA) is 42.0 Å². The summed E-state index contributed by atoms with van der Waals surface area (Å²) in [5.74, 6) is 0.939. The summed E-state index contributed by atoms with van der Waals surface area (Å²) >= 11 is 2.29. The molecule has 1 aromatic rings. The lowest BCUT2D eigenvalue weighted by Crippen LogP contribution is -2.59. The fourth-order valence-electron chi connectivity index (χ4n) is 2.83. The predicted octanol–water partition coefficient (Wildman–Crippen LogP) is 3.11. The number of amides is 1. The molecule has 2 heterocycles. The Bertz CT molecular complexity index is 585. The van der Waals surface area contributed by atoms with E-state index in [4.69, 9.17) is 9.47 Å². The molecule has 5 nitrogen and oxygen atoms in total. The lowest BCUT2D eigenvalue weighted by Gasteiger charge is -2.45. The second-order valence-electron chi connectivity index (χ2n) is 6.70. The molecule has 1 aromatic carbocycles. The van der Waals surface area contributed by atoms with Gasteiger partial charge in [0.1, 0.15) is 18.0 Å². The predicted molar refractivity (Wildman–Crippen MR) is 93.6 cm³/mol. The summed E-state index contributed by atoms with van der Waals surface area (Å²) < 4.78 is 12.5. The highest BCUT2D eigenvalue weighted by molar-refractivity contribution is 14.1. The van der Waals surface area contributed by atoms with Gasteiger partial charge < -0.3 is 19.3 Å². The molecule has 0 unspecified atom stereocenters. The Morgan fingerprint density at radius 1 is 1.36 bits per heavy atom. The van der Waals surface area contributed by atoms with Gasteiger partial charge in [0.2, 0.25) is 0 Å². The van der Waals surface area contributed by atoms with Crippen LogP contribution in [0.1, 0.15) is 20.8 Å². The van der Waals surface area contributed by atoms with Crippen molar-refractivity contribution in [2.75, 3.05) is 31.1 Å². The van der Waals surface area contributed by atoms with Crippen molar-refractivity contribution in [1.29, 1.82) is 0 Å². The Labute approximate surface area is 144 Å². The molecule has 0 aliphatic carbocycles. The number of benzene rings is 1. The molecule has 0 aromatic heterocycles. The highest BCUT2D eigenvalue weighted by Gasteiger charge is 2.35. The van der Waals surface area contributed by atoms with Crippen LogP contribution in [-0.2, 0) is 4.74 Å². The van der Waals surface area contributed by atoms with Gasteiger partial charge in [-0.25, -0.2) is 4.79 Å². The van der Waals surface area contributed by atoms with Crippen LogP contribution in [0.25, 0.3) is 0 Å². The maximum absolute atomic E-state index is 12.2. The largest absolute Gasteiger partial charge is 0.489 e. The molecule has 22 heavy (non-hydrogen) atoms. The average Bonchev–Trinajstić information content (AvgIpc) is 2.44. The minimum Gasteiger partial charge on any atom is -0.489 e. The summed E-state index contributed by atoms with van der Waals surface area (Å²) in [7, 11) is 0. The van der Waals surface area contributed by atoms with E-state index in [1.54, 1.807) is 4.90 Å². The molecule has 0 radical (unpaired) electrons. The molecule has 2 aliphatic rings. The number of hydrogen-bond acceptors (Lipinski definition) is 4. The summed E-state index contributed by atoms with van der Waals surface area (Å²) in [6, 6.07) is 6.44. The first kappa shape index (κ1) is 15.7. The molecule has 120 valence electrons. The fourth-order valence-corrected chi connectivity index (χ4v) is 3.30. The van der Waals surface area contributed by atoms with Crippen LogP contribution in [-0.4, -0.2) is 48.9 Å². The molecule has 1 atom stereocenters. The minimum atomic E-state index is -0.458. The SMILES string of the molecule is CC(C)(C)OC(=O)N1CCN2c3ccc(I)cc3OC[C@H]2C1. The van der Waals surface area contributed by atoms with Crippen LogP contribution in [0.3, 0.4) is 0 Å². The Balaban J connectivity index is 1.71. The molecule has 0 saturated carbocycles. The Hall–Kier alpha value is -1.18. The van der Waals surface area contributed by atoms with E-state index in [1.165, 1.54) is 3.57 Å². The smallest absolute Gasteiger partial charge is 0.410 e.